The number of nitrogens with zero attached hydrogens (tertiary/aromatic N) is 5. The van der Waals surface area contributed by atoms with Gasteiger partial charge in [-0.3, -0.25) is 4.99 Å². The summed E-state index contributed by atoms with van der Waals surface area (Å²) in [5, 5.41) is 11.7. The monoisotopic (exact) mass is 464 g/mol. The van der Waals surface area contributed by atoms with E-state index in [1.54, 1.807) is 13.4 Å². The molecule has 0 bridgehead atoms. The molecule has 1 aromatic rings. The van der Waals surface area contributed by atoms with Crippen LogP contribution >= 0.6 is 24.0 Å². The summed E-state index contributed by atoms with van der Waals surface area (Å²) < 4.78 is 7.22. The molecule has 144 valence electrons. The molecule has 0 amide bonds. The maximum atomic E-state index is 5.12. The number of hydrogen-bond acceptors (Lipinski definition) is 4. The Balaban J connectivity index is 0.00000312. The minimum absolute atomic E-state index is 0. The lowest BCUT2D eigenvalue weighted by atomic mass is 10.00. The number of hydrogen-bond donors (Lipinski definition) is 1. The first-order valence-corrected chi connectivity index (χ1v) is 9.13. The molecule has 1 aliphatic heterocycles. The molecule has 0 saturated carbocycles. The first-order chi connectivity index (χ1) is 11.7. The van der Waals surface area contributed by atoms with Crippen LogP contribution in [0, 0.1) is 5.92 Å². The largest absolute Gasteiger partial charge is 0.385 e. The first-order valence-electron chi connectivity index (χ1n) is 9.13. The fourth-order valence-electron chi connectivity index (χ4n) is 2.91. The normalized spacial score (nSPS) is 16.0. The van der Waals surface area contributed by atoms with Gasteiger partial charge in [0.15, 0.2) is 5.96 Å². The first kappa shape index (κ1) is 22.1. The molecule has 7 nitrogen and oxygen atoms in total. The summed E-state index contributed by atoms with van der Waals surface area (Å²) in [6.07, 6.45) is 6.15. The Morgan fingerprint density at radius 1 is 1.40 bits per heavy atom. The van der Waals surface area contributed by atoms with Crippen molar-refractivity contribution < 1.29 is 4.74 Å². The molecule has 0 spiro atoms. The van der Waals surface area contributed by atoms with Crippen molar-refractivity contribution in [3.63, 3.8) is 0 Å². The van der Waals surface area contributed by atoms with Crippen molar-refractivity contribution in [3.8, 4) is 0 Å². The highest BCUT2D eigenvalue weighted by Crippen LogP contribution is 2.15. The Kier molecular flexibility index (Phi) is 11.0. The van der Waals surface area contributed by atoms with E-state index in [9.17, 15) is 0 Å². The Bertz CT molecular complexity index is 499. The van der Waals surface area contributed by atoms with E-state index in [4.69, 9.17) is 9.73 Å². The molecule has 1 N–H and O–H groups in total. The van der Waals surface area contributed by atoms with Crippen molar-refractivity contribution in [3.05, 3.63) is 12.2 Å². The molecule has 1 aliphatic rings. The Morgan fingerprint density at radius 3 is 2.84 bits per heavy atom. The lowest BCUT2D eigenvalue weighted by Gasteiger charge is -2.33. The van der Waals surface area contributed by atoms with Crippen molar-refractivity contribution in [1.82, 2.24) is 25.0 Å². The van der Waals surface area contributed by atoms with Crippen LogP contribution in [0.4, 0.5) is 0 Å². The quantitative estimate of drug-likeness (QED) is 0.277. The molecule has 2 rings (SSSR count). The van der Waals surface area contributed by atoms with Gasteiger partial charge in [-0.1, -0.05) is 13.8 Å². The number of ether oxygens (including phenoxy) is 1. The average molecular weight is 464 g/mol. The lowest BCUT2D eigenvalue weighted by molar-refractivity contribution is 0.196. The van der Waals surface area contributed by atoms with E-state index in [0.717, 1.165) is 69.9 Å². The van der Waals surface area contributed by atoms with E-state index in [-0.39, 0.29) is 24.0 Å². The minimum Gasteiger partial charge on any atom is -0.385 e. The van der Waals surface area contributed by atoms with Gasteiger partial charge in [-0.15, -0.1) is 34.2 Å². The number of aryl methyl sites for hydroxylation is 1. The van der Waals surface area contributed by atoms with Gasteiger partial charge < -0.3 is 19.5 Å². The van der Waals surface area contributed by atoms with Crippen LogP contribution in [0.5, 0.6) is 0 Å². The van der Waals surface area contributed by atoms with Crippen LogP contribution in [0.2, 0.25) is 0 Å². The zero-order valence-electron chi connectivity index (χ0n) is 15.8. The molecular formula is C17H33IN6O. The number of likely N-dealkylation sites (tertiary alicyclic amines) is 1. The molecule has 0 radical (unpaired) electrons. The van der Waals surface area contributed by atoms with Gasteiger partial charge in [0.25, 0.3) is 0 Å². The zero-order chi connectivity index (χ0) is 17.2. The van der Waals surface area contributed by atoms with Gasteiger partial charge in [0.2, 0.25) is 0 Å². The summed E-state index contributed by atoms with van der Waals surface area (Å²) in [7, 11) is 1.74. The van der Waals surface area contributed by atoms with Crippen LogP contribution in [0.25, 0.3) is 0 Å². The molecule has 0 atom stereocenters. The van der Waals surface area contributed by atoms with Gasteiger partial charge >= 0.3 is 0 Å². The second-order valence-corrected chi connectivity index (χ2v) is 6.44. The second kappa shape index (κ2) is 12.5. The van der Waals surface area contributed by atoms with Crippen LogP contribution in [0.3, 0.4) is 0 Å². The summed E-state index contributed by atoms with van der Waals surface area (Å²) >= 11 is 0. The van der Waals surface area contributed by atoms with E-state index in [1.807, 2.05) is 0 Å². The van der Waals surface area contributed by atoms with E-state index in [0.29, 0.717) is 0 Å². The predicted octanol–water partition coefficient (Wildman–Crippen LogP) is 2.17. The third kappa shape index (κ3) is 7.47. The predicted molar refractivity (Wildman–Crippen MR) is 112 cm³/mol. The molecule has 8 heteroatoms. The van der Waals surface area contributed by atoms with Crippen LogP contribution in [-0.4, -0.2) is 65.5 Å². The number of aliphatic imine (C=N–C) groups is 1. The number of piperidine rings is 1. The molecule has 0 aromatic carbocycles. The van der Waals surface area contributed by atoms with Gasteiger partial charge in [0.05, 0.1) is 0 Å². The maximum absolute atomic E-state index is 5.12. The maximum Gasteiger partial charge on any atom is 0.193 e. The summed E-state index contributed by atoms with van der Waals surface area (Å²) in [4.78, 5) is 7.17. The van der Waals surface area contributed by atoms with E-state index in [2.05, 4.69) is 38.8 Å². The highest BCUT2D eigenvalue weighted by Gasteiger charge is 2.18. The Morgan fingerprint density at radius 2 is 2.16 bits per heavy atom. The lowest BCUT2D eigenvalue weighted by Crippen LogP contribution is -2.46. The van der Waals surface area contributed by atoms with Gasteiger partial charge in [0, 0.05) is 52.9 Å². The molecule has 0 aliphatic carbocycles. The number of methoxy groups -OCH3 is 1. The topological polar surface area (TPSA) is 67.6 Å². The molecular weight excluding hydrogens is 431 g/mol. The Labute approximate surface area is 168 Å². The highest BCUT2D eigenvalue weighted by molar-refractivity contribution is 14.0. The third-order valence-electron chi connectivity index (χ3n) is 4.50. The molecule has 0 unspecified atom stereocenters. The van der Waals surface area contributed by atoms with Gasteiger partial charge in [-0.25, -0.2) is 0 Å². The van der Waals surface area contributed by atoms with Crippen molar-refractivity contribution in [2.75, 3.05) is 39.9 Å². The molecule has 25 heavy (non-hydrogen) atoms. The summed E-state index contributed by atoms with van der Waals surface area (Å²) in [6, 6.07) is 0. The zero-order valence-corrected chi connectivity index (χ0v) is 18.1. The molecule has 1 aromatic heterocycles. The van der Waals surface area contributed by atoms with Gasteiger partial charge in [-0.05, 0) is 25.2 Å². The van der Waals surface area contributed by atoms with Crippen LogP contribution < -0.4 is 5.32 Å². The summed E-state index contributed by atoms with van der Waals surface area (Å²) in [5.41, 5.74) is 0. The van der Waals surface area contributed by atoms with Crippen molar-refractivity contribution in [2.24, 2.45) is 10.9 Å². The van der Waals surface area contributed by atoms with Crippen LogP contribution in [0.1, 0.15) is 38.9 Å². The van der Waals surface area contributed by atoms with Crippen LogP contribution in [0.15, 0.2) is 11.3 Å². The van der Waals surface area contributed by atoms with Gasteiger partial charge in [-0.2, -0.15) is 0 Å². The fraction of sp³-hybridized carbons (Fsp3) is 0.824. The number of aromatic nitrogens is 3. The number of halogens is 1. The Hall–Kier alpha value is -0.900. The average Bonchev–Trinajstić information content (AvgIpc) is 3.05. The molecule has 1 fully saturated rings. The molecule has 2 heterocycles. The number of nitrogens with one attached hydrogen (secondary N) is 1. The van der Waals surface area contributed by atoms with E-state index < -0.39 is 0 Å². The van der Waals surface area contributed by atoms with Crippen molar-refractivity contribution in [1.29, 1.82) is 0 Å². The van der Waals surface area contributed by atoms with Crippen molar-refractivity contribution in [2.45, 2.75) is 46.1 Å². The highest BCUT2D eigenvalue weighted by atomic mass is 127. The van der Waals surface area contributed by atoms with Crippen LogP contribution in [-0.2, 0) is 17.7 Å². The molecule has 1 saturated heterocycles. The van der Waals surface area contributed by atoms with Gasteiger partial charge in [0.1, 0.15) is 12.2 Å². The third-order valence-corrected chi connectivity index (χ3v) is 4.50. The fourth-order valence-corrected chi connectivity index (χ4v) is 2.91. The standard InChI is InChI=1S/C17H32N6O.HI/c1-4-16-21-20-14-23(16)12-9-19-17(18-8-5-13-24-3)22-10-6-15(2)7-11-22;/h14-15H,4-13H2,1-3H3,(H,18,19);1H. The number of guanidine groups is 1. The smallest absolute Gasteiger partial charge is 0.193 e. The minimum atomic E-state index is 0. The number of rotatable bonds is 8. The van der Waals surface area contributed by atoms with E-state index in [1.165, 1.54) is 12.8 Å². The summed E-state index contributed by atoms with van der Waals surface area (Å²) in [6.45, 7) is 9.86. The summed E-state index contributed by atoms with van der Waals surface area (Å²) in [5.74, 6) is 2.88. The SMILES string of the molecule is CCc1nncn1CCNC(=NCCCOC)N1CCC(C)CC1.I. The van der Waals surface area contributed by atoms with E-state index >= 15 is 0 Å². The van der Waals surface area contributed by atoms with Crippen molar-refractivity contribution >= 4 is 29.9 Å². The second-order valence-electron chi connectivity index (χ2n) is 6.44.